The highest BCUT2D eigenvalue weighted by molar-refractivity contribution is 5.99. The van der Waals surface area contributed by atoms with Gasteiger partial charge in [0.2, 0.25) is 0 Å². The minimum Gasteiger partial charge on any atom is -0.463 e. The molecular weight excluding hydrogens is 351 g/mol. The van der Waals surface area contributed by atoms with Crippen LogP contribution in [0.15, 0.2) is 35.1 Å². The fraction of sp³-hybridized carbons (Fsp3) is 0.250. The van der Waals surface area contributed by atoms with E-state index < -0.39 is 17.8 Å². The summed E-state index contributed by atoms with van der Waals surface area (Å²) in [6, 6.07) is 5.70. The first-order chi connectivity index (χ1) is 12.3. The average Bonchev–Trinajstić information content (AvgIpc) is 3.26. The monoisotopic (exact) mass is 363 g/mol. The molecule has 1 amide bonds. The second-order valence-electron chi connectivity index (χ2n) is 5.43. The van der Waals surface area contributed by atoms with Crippen molar-refractivity contribution in [1.82, 2.24) is 19.5 Å². The molecule has 0 unspecified atom stereocenters. The number of hydrogen-bond acceptors (Lipinski definition) is 5. The first-order valence-corrected chi connectivity index (χ1v) is 7.45. The molecular formula is C16H12F3N5O2. The van der Waals surface area contributed by atoms with Gasteiger partial charge < -0.3 is 9.32 Å². The first-order valence-electron chi connectivity index (χ1n) is 7.45. The Labute approximate surface area is 145 Å². The van der Waals surface area contributed by atoms with Crippen LogP contribution < -0.4 is 0 Å². The summed E-state index contributed by atoms with van der Waals surface area (Å²) in [5.74, 6) is -0.442. The molecule has 0 aliphatic carbocycles. The van der Waals surface area contributed by atoms with E-state index in [-0.39, 0.29) is 35.6 Å². The Morgan fingerprint density at radius 1 is 1.46 bits per heavy atom. The lowest BCUT2D eigenvalue weighted by atomic mass is 10.2. The van der Waals surface area contributed by atoms with Crippen LogP contribution >= 0.6 is 0 Å². The van der Waals surface area contributed by atoms with E-state index in [0.717, 1.165) is 12.3 Å². The van der Waals surface area contributed by atoms with Crippen LogP contribution in [0.25, 0.3) is 17.1 Å². The minimum absolute atomic E-state index is 0.0657. The van der Waals surface area contributed by atoms with Crippen molar-refractivity contribution in [2.75, 3.05) is 13.6 Å². The lowest BCUT2D eigenvalue weighted by Crippen LogP contribution is -2.27. The fourth-order valence-corrected chi connectivity index (χ4v) is 2.39. The molecule has 0 N–H and O–H groups in total. The van der Waals surface area contributed by atoms with Crippen LogP contribution in [0.2, 0.25) is 0 Å². The van der Waals surface area contributed by atoms with E-state index in [1.54, 1.807) is 0 Å². The molecule has 0 aliphatic heterocycles. The smallest absolute Gasteiger partial charge is 0.433 e. The van der Waals surface area contributed by atoms with Crippen LogP contribution in [0.1, 0.15) is 22.5 Å². The number of alkyl halides is 3. The molecule has 3 aromatic heterocycles. The van der Waals surface area contributed by atoms with Crippen molar-refractivity contribution >= 4 is 11.6 Å². The molecule has 0 atom stereocenters. The number of nitriles is 1. The van der Waals surface area contributed by atoms with Crippen molar-refractivity contribution in [3.8, 4) is 17.5 Å². The van der Waals surface area contributed by atoms with Gasteiger partial charge in [0, 0.05) is 13.6 Å². The Morgan fingerprint density at radius 3 is 2.85 bits per heavy atom. The molecule has 3 rings (SSSR count). The van der Waals surface area contributed by atoms with Gasteiger partial charge in [-0.15, -0.1) is 0 Å². The largest absolute Gasteiger partial charge is 0.463 e. The summed E-state index contributed by atoms with van der Waals surface area (Å²) in [6.45, 7) is 0.136. The van der Waals surface area contributed by atoms with Crippen molar-refractivity contribution in [3.05, 3.63) is 41.9 Å². The molecule has 0 spiro atoms. The highest BCUT2D eigenvalue weighted by Gasteiger charge is 2.36. The molecule has 26 heavy (non-hydrogen) atoms. The number of furan rings is 1. The number of carbonyl (C=O) groups excluding carboxylic acids is 1. The molecule has 134 valence electrons. The fourth-order valence-electron chi connectivity index (χ4n) is 2.39. The Bertz CT molecular complexity index is 986. The third-order valence-electron chi connectivity index (χ3n) is 3.67. The molecule has 7 nitrogen and oxygen atoms in total. The molecule has 3 aromatic rings. The van der Waals surface area contributed by atoms with Crippen LogP contribution in [0.4, 0.5) is 13.2 Å². The zero-order valence-electron chi connectivity index (χ0n) is 13.5. The predicted molar refractivity (Wildman–Crippen MR) is 82.9 cm³/mol. The van der Waals surface area contributed by atoms with Gasteiger partial charge in [-0.3, -0.25) is 4.79 Å². The van der Waals surface area contributed by atoms with E-state index in [1.165, 1.54) is 30.3 Å². The lowest BCUT2D eigenvalue weighted by molar-refractivity contribution is -0.142. The second-order valence-corrected chi connectivity index (χ2v) is 5.43. The maximum absolute atomic E-state index is 13.4. The van der Waals surface area contributed by atoms with Gasteiger partial charge in [0.05, 0.1) is 25.0 Å². The van der Waals surface area contributed by atoms with E-state index in [2.05, 4.69) is 10.1 Å². The highest BCUT2D eigenvalue weighted by Crippen LogP contribution is 2.32. The van der Waals surface area contributed by atoms with Crippen molar-refractivity contribution in [2.24, 2.45) is 0 Å². The van der Waals surface area contributed by atoms with E-state index in [0.29, 0.717) is 4.52 Å². The Balaban J connectivity index is 2.17. The SMILES string of the molecule is CN(CCC#N)C(=O)c1cnn2c(C(F)(F)F)cc(-c3ccco3)nc12. The Hall–Kier alpha value is -3.35. The highest BCUT2D eigenvalue weighted by atomic mass is 19.4. The third kappa shape index (κ3) is 3.11. The number of amides is 1. The number of aromatic nitrogens is 3. The summed E-state index contributed by atoms with van der Waals surface area (Å²) in [5, 5.41) is 12.3. The molecule has 0 bridgehead atoms. The Kier molecular flexibility index (Phi) is 4.38. The average molecular weight is 363 g/mol. The number of halogens is 3. The van der Waals surface area contributed by atoms with Crippen molar-refractivity contribution < 1.29 is 22.4 Å². The number of fused-ring (bicyclic) bond motifs is 1. The zero-order chi connectivity index (χ0) is 18.9. The van der Waals surface area contributed by atoms with Gasteiger partial charge in [0.15, 0.2) is 17.1 Å². The molecule has 0 saturated heterocycles. The minimum atomic E-state index is -4.71. The van der Waals surface area contributed by atoms with E-state index in [9.17, 15) is 18.0 Å². The molecule has 0 saturated carbocycles. The predicted octanol–water partition coefficient (Wildman–Crippen LogP) is 2.99. The van der Waals surface area contributed by atoms with Crippen LogP contribution in [-0.2, 0) is 6.18 Å². The molecule has 0 fully saturated rings. The normalized spacial score (nSPS) is 11.5. The van der Waals surface area contributed by atoms with Gasteiger partial charge in [0.25, 0.3) is 5.91 Å². The molecule has 0 aliphatic rings. The van der Waals surface area contributed by atoms with Crippen molar-refractivity contribution in [1.29, 1.82) is 5.26 Å². The van der Waals surface area contributed by atoms with Crippen LogP contribution in [0.3, 0.4) is 0 Å². The van der Waals surface area contributed by atoms with Crippen molar-refractivity contribution in [3.63, 3.8) is 0 Å². The third-order valence-corrected chi connectivity index (χ3v) is 3.67. The van der Waals surface area contributed by atoms with Gasteiger partial charge in [-0.1, -0.05) is 0 Å². The zero-order valence-corrected chi connectivity index (χ0v) is 13.5. The van der Waals surface area contributed by atoms with E-state index in [4.69, 9.17) is 9.68 Å². The maximum Gasteiger partial charge on any atom is 0.433 e. The number of rotatable bonds is 4. The van der Waals surface area contributed by atoms with E-state index >= 15 is 0 Å². The standard InChI is InChI=1S/C16H12F3N5O2/c1-23(6-3-5-20)15(25)10-9-21-24-13(16(17,18)19)8-11(22-14(10)24)12-4-2-7-26-12/h2,4,7-9H,3,6H2,1H3. The molecule has 0 aromatic carbocycles. The van der Waals surface area contributed by atoms with Gasteiger partial charge >= 0.3 is 6.18 Å². The summed E-state index contributed by atoms with van der Waals surface area (Å²) in [6.07, 6.45) is -2.26. The van der Waals surface area contributed by atoms with Crippen LogP contribution in [0, 0.1) is 11.3 Å². The summed E-state index contributed by atoms with van der Waals surface area (Å²) in [7, 11) is 1.45. The topological polar surface area (TPSA) is 87.4 Å². The number of nitrogens with zero attached hydrogens (tertiary/aromatic N) is 5. The number of hydrogen-bond donors (Lipinski definition) is 0. The first kappa shape index (κ1) is 17.5. The molecule has 3 heterocycles. The molecule has 0 radical (unpaired) electrons. The summed E-state index contributed by atoms with van der Waals surface area (Å²) in [5.41, 5.74) is -1.47. The lowest BCUT2D eigenvalue weighted by Gasteiger charge is -2.15. The van der Waals surface area contributed by atoms with Crippen molar-refractivity contribution in [2.45, 2.75) is 12.6 Å². The molecule has 10 heteroatoms. The number of carbonyl (C=O) groups is 1. The summed E-state index contributed by atoms with van der Waals surface area (Å²) in [4.78, 5) is 17.9. The second kappa shape index (κ2) is 6.51. The summed E-state index contributed by atoms with van der Waals surface area (Å²) < 4.78 is 46.0. The maximum atomic E-state index is 13.4. The Morgan fingerprint density at radius 2 is 2.23 bits per heavy atom. The van der Waals surface area contributed by atoms with Gasteiger partial charge in [0.1, 0.15) is 11.3 Å². The van der Waals surface area contributed by atoms with Gasteiger partial charge in [-0.05, 0) is 18.2 Å². The van der Waals surface area contributed by atoms with Gasteiger partial charge in [-0.25, -0.2) is 9.50 Å². The van der Waals surface area contributed by atoms with Gasteiger partial charge in [-0.2, -0.15) is 23.5 Å². The van der Waals surface area contributed by atoms with E-state index in [1.807, 2.05) is 6.07 Å². The quantitative estimate of drug-likeness (QED) is 0.711. The van der Waals surface area contributed by atoms with Crippen LogP contribution in [-0.4, -0.2) is 39.0 Å². The van der Waals surface area contributed by atoms with Crippen LogP contribution in [0.5, 0.6) is 0 Å². The summed E-state index contributed by atoms with van der Waals surface area (Å²) >= 11 is 0.